The molecule has 124 valence electrons. The van der Waals surface area contributed by atoms with Gasteiger partial charge in [-0.2, -0.15) is 0 Å². The molecule has 2 heterocycles. The average molecular weight is 336 g/mol. The Morgan fingerprint density at radius 1 is 1.00 bits per heavy atom. The van der Waals surface area contributed by atoms with Crippen LogP contribution in [0.4, 0.5) is 0 Å². The fourth-order valence-electron chi connectivity index (χ4n) is 3.96. The zero-order chi connectivity index (χ0) is 16.2. The van der Waals surface area contributed by atoms with Gasteiger partial charge in [-0.25, -0.2) is 0 Å². The molecule has 1 aromatic carbocycles. The van der Waals surface area contributed by atoms with Gasteiger partial charge in [-0.15, -0.1) is 11.3 Å². The van der Waals surface area contributed by atoms with Crippen molar-refractivity contribution in [1.29, 1.82) is 0 Å². The van der Waals surface area contributed by atoms with E-state index in [0.717, 1.165) is 12.5 Å². The van der Waals surface area contributed by atoms with Crippen molar-refractivity contribution in [3.8, 4) is 0 Å². The van der Waals surface area contributed by atoms with E-state index in [1.54, 1.807) is 11.1 Å². The van der Waals surface area contributed by atoms with E-state index in [1.165, 1.54) is 49.2 Å². The van der Waals surface area contributed by atoms with Crippen LogP contribution in [0.5, 0.6) is 0 Å². The van der Waals surface area contributed by atoms with Gasteiger partial charge in [0.2, 0.25) is 0 Å². The first-order valence-corrected chi connectivity index (χ1v) is 9.96. The second-order valence-corrected chi connectivity index (χ2v) is 7.91. The molecule has 0 saturated carbocycles. The molecule has 4 rings (SSSR count). The minimum atomic E-state index is 0.807. The molecule has 1 nitrogen and oxygen atoms in total. The summed E-state index contributed by atoms with van der Waals surface area (Å²) in [6, 6.07) is 15.3. The third-order valence-corrected chi connectivity index (χ3v) is 6.21. The normalized spacial score (nSPS) is 22.1. The molecule has 2 aromatic rings. The molecule has 0 N–H and O–H groups in total. The van der Waals surface area contributed by atoms with Crippen LogP contribution < -0.4 is 0 Å². The monoisotopic (exact) mass is 335 g/mol. The Kier molecular flexibility index (Phi) is 4.96. The molecule has 1 aliphatic carbocycles. The number of allylic oxidation sites excluding steroid dienone is 2. The summed E-state index contributed by atoms with van der Waals surface area (Å²) in [5.74, 6) is 0.807. The van der Waals surface area contributed by atoms with Crippen LogP contribution in [0.25, 0.3) is 11.1 Å². The van der Waals surface area contributed by atoms with E-state index < -0.39 is 0 Å². The second kappa shape index (κ2) is 7.50. The number of benzene rings is 1. The minimum Gasteiger partial charge on any atom is -0.299 e. The van der Waals surface area contributed by atoms with Crippen LogP contribution >= 0.6 is 11.3 Å². The molecule has 0 radical (unpaired) electrons. The number of hydrogen-bond acceptors (Lipinski definition) is 2. The van der Waals surface area contributed by atoms with E-state index >= 15 is 0 Å². The lowest BCUT2D eigenvalue weighted by Crippen LogP contribution is -2.33. The van der Waals surface area contributed by atoms with Crippen LogP contribution in [0.15, 0.2) is 60.0 Å². The second-order valence-electron chi connectivity index (χ2n) is 6.96. The smallest absolute Gasteiger partial charge is 0.0300 e. The van der Waals surface area contributed by atoms with Gasteiger partial charge in [0, 0.05) is 24.5 Å². The Balaban J connectivity index is 1.35. The number of nitrogens with zero attached hydrogens (tertiary/aromatic N) is 1. The van der Waals surface area contributed by atoms with Gasteiger partial charge >= 0.3 is 0 Å². The molecule has 24 heavy (non-hydrogen) atoms. The maximum atomic E-state index is 2.65. The van der Waals surface area contributed by atoms with Crippen LogP contribution in [0.3, 0.4) is 0 Å². The molecule has 1 aromatic heterocycles. The zero-order valence-corrected chi connectivity index (χ0v) is 15.0. The highest BCUT2D eigenvalue weighted by molar-refractivity contribution is 7.11. The molecule has 0 fully saturated rings. The molecular weight excluding hydrogens is 310 g/mol. The van der Waals surface area contributed by atoms with Gasteiger partial charge in [0.1, 0.15) is 0 Å². The Morgan fingerprint density at radius 3 is 2.67 bits per heavy atom. The van der Waals surface area contributed by atoms with Crippen molar-refractivity contribution in [1.82, 2.24) is 4.90 Å². The third kappa shape index (κ3) is 3.71. The van der Waals surface area contributed by atoms with Gasteiger partial charge in [-0.1, -0.05) is 48.6 Å². The Hall–Kier alpha value is -1.64. The quantitative estimate of drug-likeness (QED) is 0.690. The molecule has 2 heteroatoms. The van der Waals surface area contributed by atoms with Gasteiger partial charge in [-0.05, 0) is 59.8 Å². The summed E-state index contributed by atoms with van der Waals surface area (Å²) in [5.41, 5.74) is 4.52. The van der Waals surface area contributed by atoms with E-state index in [4.69, 9.17) is 0 Å². The summed E-state index contributed by atoms with van der Waals surface area (Å²) in [4.78, 5) is 4.11. The fraction of sp³-hybridized carbons (Fsp3) is 0.364. The Bertz CT molecular complexity index is 712. The molecule has 1 atom stereocenters. The van der Waals surface area contributed by atoms with Crippen LogP contribution in [-0.4, -0.2) is 24.5 Å². The van der Waals surface area contributed by atoms with E-state index in [2.05, 4.69) is 64.9 Å². The molecular formula is C22H25NS. The molecule has 1 aliphatic heterocycles. The molecule has 0 amide bonds. The molecule has 0 saturated heterocycles. The summed E-state index contributed by atoms with van der Waals surface area (Å²) in [6.45, 7) is 3.58. The van der Waals surface area contributed by atoms with Crippen molar-refractivity contribution >= 4 is 22.5 Å². The van der Waals surface area contributed by atoms with Crippen molar-refractivity contribution < 1.29 is 0 Å². The maximum Gasteiger partial charge on any atom is 0.0300 e. The van der Waals surface area contributed by atoms with Crippen LogP contribution in [0, 0.1) is 5.92 Å². The van der Waals surface area contributed by atoms with Crippen molar-refractivity contribution in [2.24, 2.45) is 5.92 Å². The van der Waals surface area contributed by atoms with Crippen molar-refractivity contribution in [2.75, 3.05) is 19.6 Å². The minimum absolute atomic E-state index is 0.807. The van der Waals surface area contributed by atoms with Gasteiger partial charge in [0.15, 0.2) is 0 Å². The lowest BCUT2D eigenvalue weighted by atomic mass is 9.85. The lowest BCUT2D eigenvalue weighted by Gasteiger charge is -2.32. The molecule has 0 spiro atoms. The SMILES string of the molecule is C1=C(c2ccccc2)CC(CN2CC=C(c3cccs3)CC2)CC1. The zero-order valence-electron chi connectivity index (χ0n) is 14.2. The Morgan fingerprint density at radius 2 is 1.92 bits per heavy atom. The van der Waals surface area contributed by atoms with Gasteiger partial charge in [-0.3, -0.25) is 4.90 Å². The predicted molar refractivity (Wildman–Crippen MR) is 105 cm³/mol. The van der Waals surface area contributed by atoms with Gasteiger partial charge < -0.3 is 0 Å². The number of hydrogen-bond donors (Lipinski definition) is 0. The maximum absolute atomic E-state index is 2.65. The molecule has 0 bridgehead atoms. The highest BCUT2D eigenvalue weighted by Crippen LogP contribution is 2.32. The topological polar surface area (TPSA) is 3.24 Å². The first-order valence-electron chi connectivity index (χ1n) is 9.08. The standard InChI is InChI=1S/C22H25NS/c1-2-7-19(8-3-1)21-9-4-6-18(16-21)17-23-13-11-20(12-14-23)22-10-5-15-24-22/h1-3,5,7-11,15,18H,4,6,12-14,16-17H2. The van der Waals surface area contributed by atoms with Crippen LogP contribution in [0.2, 0.25) is 0 Å². The summed E-state index contributed by atoms with van der Waals surface area (Å²) in [7, 11) is 0. The molecule has 2 aliphatic rings. The summed E-state index contributed by atoms with van der Waals surface area (Å²) < 4.78 is 0. The summed E-state index contributed by atoms with van der Waals surface area (Å²) in [5, 5.41) is 2.18. The number of thiophene rings is 1. The van der Waals surface area contributed by atoms with E-state index in [1.807, 2.05) is 11.3 Å². The van der Waals surface area contributed by atoms with Crippen LogP contribution in [-0.2, 0) is 0 Å². The third-order valence-electron chi connectivity index (χ3n) is 5.27. The number of rotatable bonds is 4. The van der Waals surface area contributed by atoms with Crippen molar-refractivity contribution in [3.05, 3.63) is 70.4 Å². The predicted octanol–water partition coefficient (Wildman–Crippen LogP) is 5.72. The summed E-state index contributed by atoms with van der Waals surface area (Å²) in [6.07, 6.45) is 9.92. The van der Waals surface area contributed by atoms with Gasteiger partial charge in [0.05, 0.1) is 0 Å². The highest BCUT2D eigenvalue weighted by Gasteiger charge is 2.21. The average Bonchev–Trinajstić information content (AvgIpc) is 3.18. The van der Waals surface area contributed by atoms with Crippen molar-refractivity contribution in [2.45, 2.75) is 25.7 Å². The van der Waals surface area contributed by atoms with E-state index in [9.17, 15) is 0 Å². The van der Waals surface area contributed by atoms with Crippen LogP contribution in [0.1, 0.15) is 36.1 Å². The first-order chi connectivity index (χ1) is 11.9. The lowest BCUT2D eigenvalue weighted by molar-refractivity contribution is 0.244. The highest BCUT2D eigenvalue weighted by atomic mass is 32.1. The van der Waals surface area contributed by atoms with E-state index in [0.29, 0.717) is 0 Å². The van der Waals surface area contributed by atoms with Gasteiger partial charge in [0.25, 0.3) is 0 Å². The fourth-order valence-corrected chi connectivity index (χ4v) is 4.76. The molecule has 1 unspecified atom stereocenters. The summed E-state index contributed by atoms with van der Waals surface area (Å²) >= 11 is 1.87. The van der Waals surface area contributed by atoms with Crippen molar-refractivity contribution in [3.63, 3.8) is 0 Å². The largest absolute Gasteiger partial charge is 0.299 e. The Labute approximate surface area is 149 Å². The van der Waals surface area contributed by atoms with E-state index in [-0.39, 0.29) is 0 Å². The first kappa shape index (κ1) is 15.9.